The average molecular weight is 302 g/mol. The summed E-state index contributed by atoms with van der Waals surface area (Å²) in [7, 11) is 1.12. The second kappa shape index (κ2) is 6.08. The van der Waals surface area contributed by atoms with Crippen molar-refractivity contribution in [3.8, 4) is 0 Å². The summed E-state index contributed by atoms with van der Waals surface area (Å²) in [5.41, 5.74) is -1.40. The van der Waals surface area contributed by atoms with Crippen molar-refractivity contribution in [2.75, 3.05) is 13.7 Å². The van der Waals surface area contributed by atoms with Crippen molar-refractivity contribution in [1.82, 2.24) is 9.55 Å². The van der Waals surface area contributed by atoms with Crippen LogP contribution in [0.1, 0.15) is 6.23 Å². The standard InChI is InChI=1S/C11H14N2O8/c1-19-11(18)20-4-5-7(15)8(16)9(21-5)13-3-2-6(14)12-10(13)17/h2-3,5,7-9,15-16H,4H2,1H3,(H,12,14,17)/t5-,7-,8-,9-/m1/s1. The Morgan fingerprint density at radius 3 is 2.76 bits per heavy atom. The summed E-state index contributed by atoms with van der Waals surface area (Å²) >= 11 is 0. The van der Waals surface area contributed by atoms with E-state index in [1.165, 1.54) is 0 Å². The number of nitrogens with one attached hydrogen (secondary N) is 1. The van der Waals surface area contributed by atoms with E-state index in [4.69, 9.17) is 4.74 Å². The van der Waals surface area contributed by atoms with Crippen LogP contribution in [0.4, 0.5) is 4.79 Å². The number of carbonyl (C=O) groups is 1. The second-order valence-electron chi connectivity index (χ2n) is 4.33. The summed E-state index contributed by atoms with van der Waals surface area (Å²) < 4.78 is 15.1. The van der Waals surface area contributed by atoms with Crippen molar-refractivity contribution >= 4 is 6.16 Å². The minimum absolute atomic E-state index is 0.362. The maximum atomic E-state index is 11.6. The van der Waals surface area contributed by atoms with Crippen molar-refractivity contribution in [2.24, 2.45) is 0 Å². The van der Waals surface area contributed by atoms with E-state index in [-0.39, 0.29) is 6.61 Å². The van der Waals surface area contributed by atoms with Crippen molar-refractivity contribution < 1.29 is 29.2 Å². The van der Waals surface area contributed by atoms with Gasteiger partial charge in [-0.1, -0.05) is 0 Å². The lowest BCUT2D eigenvalue weighted by molar-refractivity contribution is -0.0627. The molecule has 1 aromatic rings. The molecule has 2 rings (SSSR count). The third-order valence-electron chi connectivity index (χ3n) is 2.99. The SMILES string of the molecule is COC(=O)OC[C@H]1O[C@@H](n2ccc(=O)[nH]c2=O)[C@H](O)[C@@H]1O. The average Bonchev–Trinajstić information content (AvgIpc) is 2.73. The first-order chi connectivity index (χ1) is 9.93. The Morgan fingerprint density at radius 2 is 2.14 bits per heavy atom. The Labute approximate surface area is 117 Å². The molecule has 0 amide bonds. The van der Waals surface area contributed by atoms with Crippen LogP contribution in [0.15, 0.2) is 21.9 Å². The zero-order chi connectivity index (χ0) is 15.6. The van der Waals surface area contributed by atoms with Gasteiger partial charge in [0, 0.05) is 12.3 Å². The van der Waals surface area contributed by atoms with Crippen LogP contribution >= 0.6 is 0 Å². The fraction of sp³-hybridized carbons (Fsp3) is 0.545. The maximum absolute atomic E-state index is 11.6. The summed E-state index contributed by atoms with van der Waals surface area (Å²) in [5, 5.41) is 19.7. The van der Waals surface area contributed by atoms with Gasteiger partial charge in [0.15, 0.2) is 6.23 Å². The van der Waals surface area contributed by atoms with Gasteiger partial charge in [-0.15, -0.1) is 0 Å². The number of aliphatic hydroxyl groups excluding tert-OH is 2. The third-order valence-corrected chi connectivity index (χ3v) is 2.99. The van der Waals surface area contributed by atoms with Crippen LogP contribution in [0.5, 0.6) is 0 Å². The third kappa shape index (κ3) is 3.12. The number of methoxy groups -OCH3 is 1. The molecule has 0 aromatic carbocycles. The monoisotopic (exact) mass is 302 g/mol. The molecule has 10 nitrogen and oxygen atoms in total. The van der Waals surface area contributed by atoms with E-state index >= 15 is 0 Å². The molecule has 116 valence electrons. The Bertz CT molecular complexity index is 623. The zero-order valence-electron chi connectivity index (χ0n) is 11.0. The first-order valence-corrected chi connectivity index (χ1v) is 5.98. The molecule has 1 aliphatic rings. The minimum Gasteiger partial charge on any atom is -0.438 e. The van der Waals surface area contributed by atoms with Gasteiger partial charge >= 0.3 is 11.8 Å². The van der Waals surface area contributed by atoms with Crippen molar-refractivity contribution in [2.45, 2.75) is 24.5 Å². The second-order valence-corrected chi connectivity index (χ2v) is 4.33. The maximum Gasteiger partial charge on any atom is 0.508 e. The number of hydrogen-bond acceptors (Lipinski definition) is 8. The van der Waals surface area contributed by atoms with Gasteiger partial charge in [-0.2, -0.15) is 0 Å². The smallest absolute Gasteiger partial charge is 0.438 e. The van der Waals surface area contributed by atoms with Gasteiger partial charge in [0.2, 0.25) is 0 Å². The molecule has 0 spiro atoms. The van der Waals surface area contributed by atoms with E-state index in [9.17, 15) is 24.6 Å². The number of aromatic nitrogens is 2. The molecule has 0 unspecified atom stereocenters. The highest BCUT2D eigenvalue weighted by atomic mass is 16.7. The van der Waals surface area contributed by atoms with Crippen molar-refractivity contribution in [3.05, 3.63) is 33.1 Å². The molecular weight excluding hydrogens is 288 g/mol. The molecule has 4 atom stereocenters. The summed E-state index contributed by atoms with van der Waals surface area (Å²) in [6, 6.07) is 1.07. The Balaban J connectivity index is 2.14. The van der Waals surface area contributed by atoms with E-state index in [2.05, 4.69) is 9.47 Å². The fourth-order valence-corrected chi connectivity index (χ4v) is 1.93. The molecule has 21 heavy (non-hydrogen) atoms. The highest BCUT2D eigenvalue weighted by molar-refractivity contribution is 5.59. The number of ether oxygens (including phenoxy) is 3. The quantitative estimate of drug-likeness (QED) is 0.541. The first kappa shape index (κ1) is 15.2. The molecule has 2 heterocycles. The zero-order valence-corrected chi connectivity index (χ0v) is 11.0. The molecule has 1 saturated heterocycles. The Hall–Kier alpha value is -2.17. The van der Waals surface area contributed by atoms with Crippen LogP contribution < -0.4 is 11.2 Å². The molecule has 3 N–H and O–H groups in total. The van der Waals surface area contributed by atoms with Gasteiger partial charge in [0.1, 0.15) is 24.9 Å². The molecule has 10 heteroatoms. The predicted octanol–water partition coefficient (Wildman–Crippen LogP) is -2.06. The van der Waals surface area contributed by atoms with Gasteiger partial charge in [0.05, 0.1) is 7.11 Å². The Kier molecular flexibility index (Phi) is 4.40. The van der Waals surface area contributed by atoms with Gasteiger partial charge in [-0.05, 0) is 0 Å². The van der Waals surface area contributed by atoms with Crippen molar-refractivity contribution in [3.63, 3.8) is 0 Å². The lowest BCUT2D eigenvalue weighted by atomic mass is 10.1. The van der Waals surface area contributed by atoms with Crippen LogP contribution in [0.2, 0.25) is 0 Å². The van der Waals surface area contributed by atoms with E-state index < -0.39 is 41.9 Å². The molecule has 0 aliphatic carbocycles. The number of rotatable bonds is 3. The van der Waals surface area contributed by atoms with Gasteiger partial charge in [-0.25, -0.2) is 9.59 Å². The topological polar surface area (TPSA) is 140 Å². The highest BCUT2D eigenvalue weighted by Crippen LogP contribution is 2.28. The fourth-order valence-electron chi connectivity index (χ4n) is 1.93. The van der Waals surface area contributed by atoms with Crippen LogP contribution in [-0.2, 0) is 14.2 Å². The number of nitrogens with zero attached hydrogens (tertiary/aromatic N) is 1. The van der Waals surface area contributed by atoms with Gasteiger partial charge < -0.3 is 24.4 Å². The lowest BCUT2D eigenvalue weighted by Gasteiger charge is -2.16. The molecule has 0 radical (unpaired) electrons. The lowest BCUT2D eigenvalue weighted by Crippen LogP contribution is -2.37. The van der Waals surface area contributed by atoms with E-state index in [0.717, 1.165) is 23.9 Å². The molecule has 1 aliphatic heterocycles. The van der Waals surface area contributed by atoms with Crippen molar-refractivity contribution in [1.29, 1.82) is 0 Å². The van der Waals surface area contributed by atoms with Crippen LogP contribution in [0, 0.1) is 0 Å². The number of H-pyrrole nitrogens is 1. The van der Waals surface area contributed by atoms with Crippen LogP contribution in [-0.4, -0.2) is 57.9 Å². The molecular formula is C11H14N2O8. The number of hydrogen-bond donors (Lipinski definition) is 3. The molecule has 0 saturated carbocycles. The molecule has 0 bridgehead atoms. The molecule has 1 fully saturated rings. The minimum atomic E-state index is -1.43. The molecule has 1 aromatic heterocycles. The highest BCUT2D eigenvalue weighted by Gasteiger charge is 2.44. The van der Waals surface area contributed by atoms with Gasteiger partial charge in [0.25, 0.3) is 5.56 Å². The normalized spacial score (nSPS) is 28.3. The number of aromatic amines is 1. The first-order valence-electron chi connectivity index (χ1n) is 5.98. The van der Waals surface area contributed by atoms with E-state index in [1.807, 2.05) is 4.98 Å². The van der Waals surface area contributed by atoms with Gasteiger partial charge in [-0.3, -0.25) is 14.3 Å². The largest absolute Gasteiger partial charge is 0.508 e. The van der Waals surface area contributed by atoms with Crippen LogP contribution in [0.3, 0.4) is 0 Å². The van der Waals surface area contributed by atoms with Crippen LogP contribution in [0.25, 0.3) is 0 Å². The summed E-state index contributed by atoms with van der Waals surface area (Å²) in [5.74, 6) is 0. The number of aliphatic hydroxyl groups is 2. The summed E-state index contributed by atoms with van der Waals surface area (Å²) in [6.45, 7) is -0.362. The predicted molar refractivity (Wildman–Crippen MR) is 65.6 cm³/mol. The summed E-state index contributed by atoms with van der Waals surface area (Å²) in [6.07, 6.45) is -4.90. The van der Waals surface area contributed by atoms with E-state index in [0.29, 0.717) is 0 Å². The summed E-state index contributed by atoms with van der Waals surface area (Å²) in [4.78, 5) is 35.5. The number of carbonyl (C=O) groups excluding carboxylic acids is 1. The Morgan fingerprint density at radius 1 is 1.43 bits per heavy atom. The van der Waals surface area contributed by atoms with E-state index in [1.54, 1.807) is 0 Å².